The van der Waals surface area contributed by atoms with Gasteiger partial charge in [0, 0.05) is 46.0 Å². The molecule has 172 valence electrons. The molecule has 3 heterocycles. The van der Waals surface area contributed by atoms with E-state index in [2.05, 4.69) is 4.90 Å². The van der Waals surface area contributed by atoms with Crippen molar-refractivity contribution in [3.05, 3.63) is 31.9 Å². The molecule has 0 spiro atoms. The Hall–Kier alpha value is -2.19. The third-order valence-corrected chi connectivity index (χ3v) is 6.94. The summed E-state index contributed by atoms with van der Waals surface area (Å²) in [6.45, 7) is 7.95. The van der Waals surface area contributed by atoms with Gasteiger partial charge in [-0.05, 0) is 38.8 Å². The fraction of sp³-hybridized carbons (Fsp3) is 0.545. The van der Waals surface area contributed by atoms with Gasteiger partial charge in [0.25, 0.3) is 11.5 Å². The Morgan fingerprint density at radius 1 is 1.31 bits per heavy atom. The number of pyridine rings is 1. The van der Waals surface area contributed by atoms with Crippen LogP contribution in [0.1, 0.15) is 37.0 Å². The highest BCUT2D eigenvalue weighted by Gasteiger charge is 2.33. The summed E-state index contributed by atoms with van der Waals surface area (Å²) in [6.07, 6.45) is 2.42. The molecule has 2 aliphatic rings. The molecule has 1 aromatic heterocycles. The maximum Gasteiger partial charge on any atom is 0.270 e. The lowest BCUT2D eigenvalue weighted by molar-refractivity contribution is -0.122. The van der Waals surface area contributed by atoms with E-state index in [1.807, 2.05) is 19.9 Å². The highest BCUT2D eigenvalue weighted by molar-refractivity contribution is 8.26. The standard InChI is InChI=1S/C22H28N4O4S2/c1-13-11-25(12-14(2)30-13)19-16(15(3)17(10-23)20(27)24(19)4)9-18-21(28)26(22(31)32-18)7-6-8-29-5/h9,13-14H,6-8,11-12H2,1-5H3/b18-9-. The van der Waals surface area contributed by atoms with E-state index in [1.165, 1.54) is 16.3 Å². The third kappa shape index (κ3) is 4.76. The van der Waals surface area contributed by atoms with Gasteiger partial charge in [-0.25, -0.2) is 0 Å². The molecular formula is C22H28N4O4S2. The number of rotatable bonds is 6. The molecule has 0 N–H and O–H groups in total. The van der Waals surface area contributed by atoms with E-state index >= 15 is 0 Å². The normalized spacial score (nSPS) is 22.7. The van der Waals surface area contributed by atoms with Crippen molar-refractivity contribution < 1.29 is 14.3 Å². The van der Waals surface area contributed by atoms with Gasteiger partial charge < -0.3 is 14.4 Å². The number of carbonyl (C=O) groups is 1. The zero-order valence-corrected chi connectivity index (χ0v) is 20.6. The van der Waals surface area contributed by atoms with Crippen LogP contribution < -0.4 is 10.5 Å². The van der Waals surface area contributed by atoms with Crippen molar-refractivity contribution in [2.75, 3.05) is 38.3 Å². The summed E-state index contributed by atoms with van der Waals surface area (Å²) >= 11 is 6.67. The molecule has 0 aromatic carbocycles. The van der Waals surface area contributed by atoms with Crippen molar-refractivity contribution in [1.29, 1.82) is 5.26 Å². The van der Waals surface area contributed by atoms with E-state index in [1.54, 1.807) is 32.1 Å². The number of thioether (sulfide) groups is 1. The average molecular weight is 477 g/mol. The molecule has 0 saturated carbocycles. The third-order valence-electron chi connectivity index (χ3n) is 5.57. The summed E-state index contributed by atoms with van der Waals surface area (Å²) in [4.78, 5) is 30.1. The van der Waals surface area contributed by atoms with E-state index in [0.717, 1.165) is 0 Å². The molecule has 0 radical (unpaired) electrons. The molecule has 0 bridgehead atoms. The van der Waals surface area contributed by atoms with Crippen LogP contribution in [0.2, 0.25) is 0 Å². The summed E-state index contributed by atoms with van der Waals surface area (Å²) in [5.41, 5.74) is 0.966. The first-order chi connectivity index (χ1) is 15.2. The maximum atomic E-state index is 13.1. The molecule has 2 saturated heterocycles. The van der Waals surface area contributed by atoms with Gasteiger partial charge in [0.05, 0.1) is 17.1 Å². The predicted molar refractivity (Wildman–Crippen MR) is 130 cm³/mol. The molecule has 10 heteroatoms. The highest BCUT2D eigenvalue weighted by atomic mass is 32.2. The van der Waals surface area contributed by atoms with Gasteiger partial charge in [0.15, 0.2) is 0 Å². The first-order valence-electron chi connectivity index (χ1n) is 10.5. The molecule has 0 aliphatic carbocycles. The topological polar surface area (TPSA) is 87.8 Å². The molecule has 2 atom stereocenters. The van der Waals surface area contributed by atoms with E-state index in [0.29, 0.717) is 58.8 Å². The Morgan fingerprint density at radius 2 is 1.97 bits per heavy atom. The monoisotopic (exact) mass is 476 g/mol. The van der Waals surface area contributed by atoms with E-state index in [-0.39, 0.29) is 29.2 Å². The van der Waals surface area contributed by atoms with Crippen molar-refractivity contribution in [3.63, 3.8) is 0 Å². The van der Waals surface area contributed by atoms with Crippen LogP contribution in [0.3, 0.4) is 0 Å². The van der Waals surface area contributed by atoms with Crippen molar-refractivity contribution >= 4 is 46.1 Å². The van der Waals surface area contributed by atoms with Crippen molar-refractivity contribution in [2.45, 2.75) is 39.4 Å². The van der Waals surface area contributed by atoms with Crippen LogP contribution in [0.15, 0.2) is 9.70 Å². The number of amides is 1. The lowest BCUT2D eigenvalue weighted by Crippen LogP contribution is -2.47. The summed E-state index contributed by atoms with van der Waals surface area (Å²) in [7, 11) is 3.28. The first-order valence-corrected chi connectivity index (χ1v) is 11.7. The molecule has 1 aromatic rings. The summed E-state index contributed by atoms with van der Waals surface area (Å²) < 4.78 is 12.9. The van der Waals surface area contributed by atoms with Gasteiger partial charge in [0.2, 0.25) is 0 Å². The molecule has 2 fully saturated rings. The van der Waals surface area contributed by atoms with Crippen LogP contribution in [0.5, 0.6) is 0 Å². The second-order valence-corrected chi connectivity index (χ2v) is 9.73. The number of carbonyl (C=O) groups excluding carboxylic acids is 1. The molecule has 2 unspecified atom stereocenters. The minimum Gasteiger partial charge on any atom is -0.385 e. The zero-order chi connectivity index (χ0) is 23.6. The SMILES string of the molecule is COCCCN1C(=O)/C(=C/c2c(C)c(C#N)c(=O)n(C)c2N2CC(C)OC(C)C2)SC1=S. The number of morpholine rings is 1. The fourth-order valence-electron chi connectivity index (χ4n) is 4.14. The lowest BCUT2D eigenvalue weighted by atomic mass is 10.0. The molecule has 32 heavy (non-hydrogen) atoms. The van der Waals surface area contributed by atoms with Crippen LogP contribution in [-0.4, -0.2) is 65.3 Å². The zero-order valence-electron chi connectivity index (χ0n) is 19.0. The second kappa shape index (κ2) is 10.2. The average Bonchev–Trinajstić information content (AvgIpc) is 2.99. The number of ether oxygens (including phenoxy) is 2. The minimum absolute atomic E-state index is 0.0170. The van der Waals surface area contributed by atoms with Gasteiger partial charge in [0.1, 0.15) is 21.8 Å². The molecular weight excluding hydrogens is 448 g/mol. The number of nitrogens with zero attached hydrogens (tertiary/aromatic N) is 4. The molecule has 8 nitrogen and oxygen atoms in total. The lowest BCUT2D eigenvalue weighted by Gasteiger charge is -2.38. The number of anilines is 1. The Balaban J connectivity index is 2.10. The maximum absolute atomic E-state index is 13.1. The second-order valence-electron chi connectivity index (χ2n) is 8.06. The van der Waals surface area contributed by atoms with Crippen molar-refractivity contribution in [3.8, 4) is 6.07 Å². The number of nitriles is 1. The summed E-state index contributed by atoms with van der Waals surface area (Å²) in [6, 6.07) is 2.03. The van der Waals surface area contributed by atoms with Gasteiger partial charge in [-0.1, -0.05) is 24.0 Å². The molecule has 3 rings (SSSR count). The van der Waals surface area contributed by atoms with Crippen LogP contribution in [-0.2, 0) is 21.3 Å². The van der Waals surface area contributed by atoms with Crippen LogP contribution in [0.4, 0.5) is 5.82 Å². The van der Waals surface area contributed by atoms with Crippen molar-refractivity contribution in [2.24, 2.45) is 7.05 Å². The van der Waals surface area contributed by atoms with Gasteiger partial charge in [-0.2, -0.15) is 5.26 Å². The number of methoxy groups -OCH3 is 1. The fourth-order valence-corrected chi connectivity index (χ4v) is 5.43. The molecule has 1 amide bonds. The van der Waals surface area contributed by atoms with Crippen molar-refractivity contribution in [1.82, 2.24) is 9.47 Å². The van der Waals surface area contributed by atoms with E-state index in [9.17, 15) is 14.9 Å². The Bertz CT molecular complexity index is 1050. The number of hydrogen-bond acceptors (Lipinski definition) is 8. The van der Waals surface area contributed by atoms with Gasteiger partial charge in [-0.3, -0.25) is 19.1 Å². The van der Waals surface area contributed by atoms with Gasteiger partial charge in [-0.15, -0.1) is 0 Å². The summed E-state index contributed by atoms with van der Waals surface area (Å²) in [5.74, 6) is 0.510. The number of hydrogen-bond donors (Lipinski definition) is 0. The van der Waals surface area contributed by atoms with Crippen LogP contribution in [0, 0.1) is 18.3 Å². The quantitative estimate of drug-likeness (QED) is 0.351. The Labute approximate surface area is 197 Å². The highest BCUT2D eigenvalue weighted by Crippen LogP contribution is 2.36. The first kappa shape index (κ1) is 24.5. The van der Waals surface area contributed by atoms with E-state index < -0.39 is 0 Å². The molecule has 2 aliphatic heterocycles. The Kier molecular flexibility index (Phi) is 7.77. The smallest absolute Gasteiger partial charge is 0.270 e. The summed E-state index contributed by atoms with van der Waals surface area (Å²) in [5, 5.41) is 9.62. The van der Waals surface area contributed by atoms with Crippen LogP contribution >= 0.6 is 24.0 Å². The minimum atomic E-state index is -0.351. The van der Waals surface area contributed by atoms with Crippen LogP contribution in [0.25, 0.3) is 6.08 Å². The van der Waals surface area contributed by atoms with E-state index in [4.69, 9.17) is 21.7 Å². The number of thiocarbonyl (C=S) groups is 1. The predicted octanol–water partition coefficient (Wildman–Crippen LogP) is 2.42. The van der Waals surface area contributed by atoms with Gasteiger partial charge >= 0.3 is 0 Å². The Morgan fingerprint density at radius 3 is 2.56 bits per heavy atom. The number of aromatic nitrogens is 1. The largest absolute Gasteiger partial charge is 0.385 e.